The predicted octanol–water partition coefficient (Wildman–Crippen LogP) is 0.634. The number of hydrogen-bond acceptors (Lipinski definition) is 5. The third-order valence-corrected chi connectivity index (χ3v) is 2.72. The van der Waals surface area contributed by atoms with Gasteiger partial charge in [-0.25, -0.2) is 0 Å². The molecule has 8 heteroatoms. The summed E-state index contributed by atoms with van der Waals surface area (Å²) in [6.45, 7) is 0. The van der Waals surface area contributed by atoms with Crippen molar-refractivity contribution in [1.29, 1.82) is 10.7 Å². The molecule has 7 nitrogen and oxygen atoms in total. The fourth-order valence-corrected chi connectivity index (χ4v) is 1.78. The highest BCUT2D eigenvalue weighted by atomic mass is 35.5. The molecular weight excluding hydrogens is 260 g/mol. The van der Waals surface area contributed by atoms with E-state index in [0.29, 0.717) is 0 Å². The first-order chi connectivity index (χ1) is 8.51. The Morgan fingerprint density at radius 3 is 2.78 bits per heavy atom. The van der Waals surface area contributed by atoms with Crippen molar-refractivity contribution in [3.8, 4) is 11.8 Å². The Balaban J connectivity index is 3.04. The summed E-state index contributed by atoms with van der Waals surface area (Å²) < 4.78 is 5.31. The number of hydrogen-bond donors (Lipinski definition) is 1. The number of nitrogens with one attached hydrogen (secondary N) is 1. The molecule has 0 aliphatic rings. The second kappa shape index (κ2) is 4.09. The molecule has 0 unspecified atom stereocenters. The summed E-state index contributed by atoms with van der Waals surface area (Å²) in [5.41, 5.74) is -1.48. The van der Waals surface area contributed by atoms with Gasteiger partial charge in [0.05, 0.1) is 12.1 Å². The molecule has 1 N–H and O–H groups in total. The molecule has 0 spiro atoms. The van der Waals surface area contributed by atoms with E-state index >= 15 is 0 Å². The lowest BCUT2D eigenvalue weighted by Gasteiger charge is -2.16. The number of nitrogens with zero attached hydrogens (tertiary/aromatic N) is 3. The third-order valence-electron chi connectivity index (χ3n) is 2.42. The molecule has 0 amide bonds. The summed E-state index contributed by atoms with van der Waals surface area (Å²) in [5.74, 6) is 0.206. The smallest absolute Gasteiger partial charge is 0.337 e. The van der Waals surface area contributed by atoms with Crippen LogP contribution >= 0.6 is 11.6 Å². The van der Waals surface area contributed by atoms with E-state index in [1.165, 1.54) is 25.3 Å². The molecule has 0 fully saturated rings. The van der Waals surface area contributed by atoms with E-state index in [-0.39, 0.29) is 31.3 Å². The molecule has 0 saturated carbocycles. The van der Waals surface area contributed by atoms with Crippen LogP contribution in [-0.2, 0) is 0 Å². The standard InChI is InChI=1S/C10H6ClN4O3/c1-18-9-3-7-6(2-5(9)11)14(16)8(4-12)10(13)15(7)17/h2-3,13H,1H3/q-1. The fraction of sp³-hybridized carbons (Fsp3) is 0.100. The summed E-state index contributed by atoms with van der Waals surface area (Å²) in [4.78, 5) is 0. The number of ether oxygens (including phenoxy) is 1. The Bertz CT molecular complexity index is 748. The second-order valence-electron chi connectivity index (χ2n) is 3.37. The normalized spacial score (nSPS) is 10.3. The Morgan fingerprint density at radius 1 is 1.56 bits per heavy atom. The molecular formula is C10H6ClN4O3-. The molecule has 0 bridgehead atoms. The van der Waals surface area contributed by atoms with Gasteiger partial charge in [0, 0.05) is 12.1 Å². The number of nitriles is 1. The molecule has 1 aromatic heterocycles. The SMILES string of the molecule is COc1cc2c(cc1Cl)[n+]([O-])c(C#N)c(=N)n2[O-]. The zero-order valence-electron chi connectivity index (χ0n) is 9.10. The quantitative estimate of drug-likeness (QED) is 0.602. The van der Waals surface area contributed by atoms with E-state index < -0.39 is 11.2 Å². The Hall–Kier alpha value is -2.46. The van der Waals surface area contributed by atoms with Crippen LogP contribution in [0.25, 0.3) is 11.0 Å². The monoisotopic (exact) mass is 265 g/mol. The van der Waals surface area contributed by atoms with Crippen LogP contribution in [0.5, 0.6) is 5.75 Å². The Labute approximate surface area is 106 Å². The number of rotatable bonds is 1. The molecule has 1 aromatic carbocycles. The maximum Gasteiger partial charge on any atom is 0.337 e. The number of fused-ring (bicyclic) bond motifs is 1. The van der Waals surface area contributed by atoms with Crippen molar-refractivity contribution in [1.82, 2.24) is 4.73 Å². The highest BCUT2D eigenvalue weighted by Crippen LogP contribution is 2.27. The van der Waals surface area contributed by atoms with E-state index in [0.717, 1.165) is 0 Å². The topological polar surface area (TPSA) is 112 Å². The van der Waals surface area contributed by atoms with Crippen LogP contribution in [0, 0.1) is 27.2 Å². The summed E-state index contributed by atoms with van der Waals surface area (Å²) in [6, 6.07) is 3.98. The minimum atomic E-state index is -0.718. The highest BCUT2D eigenvalue weighted by molar-refractivity contribution is 6.32. The molecule has 18 heavy (non-hydrogen) atoms. The summed E-state index contributed by atoms with van der Waals surface area (Å²) >= 11 is 5.84. The van der Waals surface area contributed by atoms with Crippen LogP contribution in [-0.4, -0.2) is 11.8 Å². The maximum atomic E-state index is 11.8. The Kier molecular flexibility index (Phi) is 2.73. The van der Waals surface area contributed by atoms with E-state index in [2.05, 4.69) is 0 Å². The first-order valence-corrected chi connectivity index (χ1v) is 5.07. The second-order valence-corrected chi connectivity index (χ2v) is 3.78. The average molecular weight is 266 g/mol. The summed E-state index contributed by atoms with van der Waals surface area (Å²) in [6.07, 6.45) is 0. The highest BCUT2D eigenvalue weighted by Gasteiger charge is 2.17. The molecule has 0 aliphatic carbocycles. The average Bonchev–Trinajstić information content (AvgIpc) is 2.36. The van der Waals surface area contributed by atoms with Crippen LogP contribution in [0.15, 0.2) is 12.1 Å². The van der Waals surface area contributed by atoms with Gasteiger partial charge in [0.15, 0.2) is 6.07 Å². The summed E-state index contributed by atoms with van der Waals surface area (Å²) in [5, 5.41) is 39.9. The van der Waals surface area contributed by atoms with Gasteiger partial charge in [0.25, 0.3) is 0 Å². The molecule has 0 radical (unpaired) electrons. The first-order valence-electron chi connectivity index (χ1n) is 4.69. The largest absolute Gasteiger partial charge is 0.804 e. The molecule has 0 atom stereocenters. The molecule has 92 valence electrons. The number of halogens is 1. The zero-order valence-corrected chi connectivity index (χ0v) is 9.85. The van der Waals surface area contributed by atoms with Gasteiger partial charge in [0.2, 0.25) is 11.0 Å². The van der Waals surface area contributed by atoms with Crippen LogP contribution in [0.1, 0.15) is 5.69 Å². The van der Waals surface area contributed by atoms with E-state index in [1.807, 2.05) is 0 Å². The minimum absolute atomic E-state index is 0.0877. The van der Waals surface area contributed by atoms with E-state index in [1.54, 1.807) is 0 Å². The lowest BCUT2D eigenvalue weighted by atomic mass is 10.2. The van der Waals surface area contributed by atoms with Crippen molar-refractivity contribution in [3.05, 3.63) is 38.8 Å². The predicted molar refractivity (Wildman–Crippen MR) is 61.8 cm³/mol. The van der Waals surface area contributed by atoms with Crippen molar-refractivity contribution in [3.63, 3.8) is 0 Å². The van der Waals surface area contributed by atoms with Crippen LogP contribution < -0.4 is 15.0 Å². The van der Waals surface area contributed by atoms with Gasteiger partial charge < -0.3 is 19.9 Å². The number of aromatic nitrogens is 2. The molecule has 2 rings (SSSR count). The van der Waals surface area contributed by atoms with Gasteiger partial charge in [-0.2, -0.15) is 9.99 Å². The van der Waals surface area contributed by atoms with Gasteiger partial charge >= 0.3 is 5.69 Å². The third kappa shape index (κ3) is 1.51. The molecule has 0 aliphatic heterocycles. The lowest BCUT2D eigenvalue weighted by Crippen LogP contribution is -2.41. The molecule has 1 heterocycles. The van der Waals surface area contributed by atoms with Crippen molar-refractivity contribution >= 4 is 22.6 Å². The van der Waals surface area contributed by atoms with Crippen molar-refractivity contribution in [2.24, 2.45) is 0 Å². The van der Waals surface area contributed by atoms with Crippen LogP contribution in [0.4, 0.5) is 0 Å². The van der Waals surface area contributed by atoms with Crippen LogP contribution in [0.2, 0.25) is 5.02 Å². The Morgan fingerprint density at radius 2 is 2.22 bits per heavy atom. The van der Waals surface area contributed by atoms with Gasteiger partial charge in [-0.15, -0.1) is 0 Å². The summed E-state index contributed by atoms with van der Waals surface area (Å²) in [7, 11) is 1.36. The van der Waals surface area contributed by atoms with Crippen molar-refractivity contribution in [2.75, 3.05) is 7.11 Å². The van der Waals surface area contributed by atoms with Gasteiger partial charge in [-0.1, -0.05) is 11.6 Å². The van der Waals surface area contributed by atoms with E-state index in [9.17, 15) is 10.4 Å². The van der Waals surface area contributed by atoms with E-state index in [4.69, 9.17) is 27.0 Å². The maximum absolute atomic E-state index is 11.8. The number of methoxy groups -OCH3 is 1. The van der Waals surface area contributed by atoms with Crippen molar-refractivity contribution in [2.45, 2.75) is 0 Å². The van der Waals surface area contributed by atoms with Crippen LogP contribution in [0.3, 0.4) is 0 Å². The van der Waals surface area contributed by atoms with Crippen molar-refractivity contribution < 1.29 is 9.47 Å². The number of benzene rings is 1. The van der Waals surface area contributed by atoms with Gasteiger partial charge in [0.1, 0.15) is 11.3 Å². The van der Waals surface area contributed by atoms with Gasteiger partial charge in [-0.05, 0) is 0 Å². The molecule has 2 aromatic rings. The van der Waals surface area contributed by atoms with Gasteiger partial charge in [-0.3, -0.25) is 5.41 Å². The minimum Gasteiger partial charge on any atom is -0.804 e. The molecule has 0 saturated heterocycles. The first kappa shape index (κ1) is 12.0. The zero-order chi connectivity index (χ0) is 13.4. The fourth-order valence-electron chi connectivity index (χ4n) is 1.55. The lowest BCUT2D eigenvalue weighted by molar-refractivity contribution is -0.581.